The van der Waals surface area contributed by atoms with Crippen molar-refractivity contribution in [3.8, 4) is 5.75 Å². The highest BCUT2D eigenvalue weighted by Crippen LogP contribution is 2.30. The number of aliphatic hydroxyl groups is 1. The average Bonchev–Trinajstić information content (AvgIpc) is 2.64. The van der Waals surface area contributed by atoms with E-state index in [1.165, 1.54) is 0 Å². The second-order valence-electron chi connectivity index (χ2n) is 6.60. The maximum Gasteiger partial charge on any atom is 0.138 e. The van der Waals surface area contributed by atoms with Gasteiger partial charge in [-0.25, -0.2) is 9.97 Å². The smallest absolute Gasteiger partial charge is 0.138 e. The van der Waals surface area contributed by atoms with Crippen molar-refractivity contribution in [3.63, 3.8) is 0 Å². The largest absolute Gasteiger partial charge is 0.490 e. The summed E-state index contributed by atoms with van der Waals surface area (Å²) in [6.07, 6.45) is 6.84. The highest BCUT2D eigenvalue weighted by Gasteiger charge is 2.21. The Morgan fingerprint density at radius 2 is 2.04 bits per heavy atom. The van der Waals surface area contributed by atoms with Gasteiger partial charge in [0.2, 0.25) is 0 Å². The van der Waals surface area contributed by atoms with E-state index in [1.807, 2.05) is 30.3 Å². The van der Waals surface area contributed by atoms with Gasteiger partial charge in [-0.3, -0.25) is 0 Å². The topological polar surface area (TPSA) is 67.3 Å². The molecule has 0 unspecified atom stereocenters. The third kappa shape index (κ3) is 3.89. The number of nitrogens with one attached hydrogen (secondary N) is 1. The molecule has 2 N–H and O–H groups in total. The Hall–Kier alpha value is -2.37. The van der Waals surface area contributed by atoms with Gasteiger partial charge in [0.1, 0.15) is 22.8 Å². The summed E-state index contributed by atoms with van der Waals surface area (Å²) in [5.74, 6) is 1.58. The van der Waals surface area contributed by atoms with Crippen LogP contribution in [0.2, 0.25) is 5.15 Å². The van der Waals surface area contributed by atoms with E-state index in [1.54, 1.807) is 18.5 Å². The zero-order valence-electron chi connectivity index (χ0n) is 14.2. The van der Waals surface area contributed by atoms with Crippen LogP contribution in [-0.2, 0) is 0 Å². The monoisotopic (exact) mass is 369 g/mol. The molecule has 5 nitrogen and oxygen atoms in total. The summed E-state index contributed by atoms with van der Waals surface area (Å²) in [5.41, 5.74) is 0.825. The number of halogens is 1. The summed E-state index contributed by atoms with van der Waals surface area (Å²) < 4.78 is 6.08. The number of anilines is 2. The molecule has 2 atom stereocenters. The summed E-state index contributed by atoms with van der Waals surface area (Å²) in [4.78, 5) is 8.51. The summed E-state index contributed by atoms with van der Waals surface area (Å²) in [6.45, 7) is 0. The Morgan fingerprint density at radius 1 is 1.12 bits per heavy atom. The second kappa shape index (κ2) is 7.48. The van der Waals surface area contributed by atoms with Crippen LogP contribution in [0.25, 0.3) is 10.8 Å². The molecule has 4 rings (SSSR count). The molecule has 2 heterocycles. The molecule has 1 fully saturated rings. The molecule has 0 radical (unpaired) electrons. The number of rotatable bonds is 4. The Balaban J connectivity index is 1.56. The molecule has 0 aliphatic heterocycles. The molecule has 0 amide bonds. The van der Waals surface area contributed by atoms with E-state index in [0.29, 0.717) is 11.6 Å². The van der Waals surface area contributed by atoms with E-state index < -0.39 is 0 Å². The van der Waals surface area contributed by atoms with Crippen LogP contribution in [0.3, 0.4) is 0 Å². The van der Waals surface area contributed by atoms with Gasteiger partial charge in [0.25, 0.3) is 0 Å². The predicted octanol–water partition coefficient (Wildman–Crippen LogP) is 4.71. The SMILES string of the molecule is O[C@@H]1CCC[C@H](Oc2ccc3c(Nc4ccc(Cl)nc4)nccc3c2)C1. The maximum atomic E-state index is 9.81. The lowest BCUT2D eigenvalue weighted by Gasteiger charge is -2.26. The number of aromatic nitrogens is 2. The van der Waals surface area contributed by atoms with Crippen LogP contribution in [0.1, 0.15) is 25.7 Å². The molecular weight excluding hydrogens is 350 g/mol. The molecule has 1 aliphatic rings. The minimum atomic E-state index is -0.248. The minimum Gasteiger partial charge on any atom is -0.490 e. The first-order valence-electron chi connectivity index (χ1n) is 8.79. The normalized spacial score (nSPS) is 20.1. The fourth-order valence-electron chi connectivity index (χ4n) is 3.34. The molecule has 3 aromatic rings. The fourth-order valence-corrected chi connectivity index (χ4v) is 3.45. The molecule has 26 heavy (non-hydrogen) atoms. The van der Waals surface area contributed by atoms with Gasteiger partial charge in [-0.1, -0.05) is 11.6 Å². The van der Waals surface area contributed by atoms with Crippen LogP contribution in [0.4, 0.5) is 11.5 Å². The van der Waals surface area contributed by atoms with Gasteiger partial charge in [0.15, 0.2) is 0 Å². The predicted molar refractivity (Wildman–Crippen MR) is 103 cm³/mol. The van der Waals surface area contributed by atoms with Crippen LogP contribution >= 0.6 is 11.6 Å². The van der Waals surface area contributed by atoms with Crippen LogP contribution in [-0.4, -0.2) is 27.3 Å². The lowest BCUT2D eigenvalue weighted by molar-refractivity contribution is 0.0537. The van der Waals surface area contributed by atoms with E-state index in [0.717, 1.165) is 47.3 Å². The van der Waals surface area contributed by atoms with Crippen LogP contribution in [0.5, 0.6) is 5.75 Å². The van der Waals surface area contributed by atoms with Gasteiger partial charge in [-0.2, -0.15) is 0 Å². The molecule has 0 spiro atoms. The standard InChI is InChI=1S/C20H20ClN3O2/c21-19-7-4-14(12-23-19)24-20-18-6-5-17(10-13(18)8-9-22-20)26-16-3-1-2-15(25)11-16/h4-10,12,15-16,25H,1-3,11H2,(H,22,24)/t15-,16+/m1/s1. The van der Waals surface area contributed by atoms with Crippen LogP contribution < -0.4 is 10.1 Å². The highest BCUT2D eigenvalue weighted by atomic mass is 35.5. The van der Waals surface area contributed by atoms with Gasteiger partial charge in [0.05, 0.1) is 18.0 Å². The summed E-state index contributed by atoms with van der Waals surface area (Å²) in [5, 5.41) is 15.6. The van der Waals surface area contributed by atoms with E-state index in [-0.39, 0.29) is 12.2 Å². The first-order valence-corrected chi connectivity index (χ1v) is 9.17. The van der Waals surface area contributed by atoms with Crippen molar-refractivity contribution in [3.05, 3.63) is 53.9 Å². The third-order valence-corrected chi connectivity index (χ3v) is 4.85. The highest BCUT2D eigenvalue weighted by molar-refractivity contribution is 6.29. The molecule has 1 saturated carbocycles. The minimum absolute atomic E-state index is 0.0794. The first kappa shape index (κ1) is 17.1. The molecule has 1 aliphatic carbocycles. The van der Waals surface area contributed by atoms with Crippen LogP contribution in [0, 0.1) is 0 Å². The molecular formula is C20H20ClN3O2. The molecule has 0 saturated heterocycles. The molecule has 0 bridgehead atoms. The van der Waals surface area contributed by atoms with Crippen molar-refractivity contribution in [1.29, 1.82) is 0 Å². The first-order chi connectivity index (χ1) is 12.7. The number of nitrogens with zero attached hydrogens (tertiary/aromatic N) is 2. The number of aliphatic hydroxyl groups excluding tert-OH is 1. The number of pyridine rings is 2. The quantitative estimate of drug-likeness (QED) is 0.652. The van der Waals surface area contributed by atoms with Crippen molar-refractivity contribution in [2.75, 3.05) is 5.32 Å². The second-order valence-corrected chi connectivity index (χ2v) is 6.98. The Kier molecular flexibility index (Phi) is 4.91. The molecule has 1 aromatic carbocycles. The zero-order chi connectivity index (χ0) is 17.9. The number of benzene rings is 1. The van der Waals surface area contributed by atoms with E-state index in [4.69, 9.17) is 16.3 Å². The van der Waals surface area contributed by atoms with Crippen LogP contribution in [0.15, 0.2) is 48.8 Å². The maximum absolute atomic E-state index is 9.81. The molecule has 2 aromatic heterocycles. The Morgan fingerprint density at radius 3 is 2.85 bits per heavy atom. The lowest BCUT2D eigenvalue weighted by Crippen LogP contribution is -2.28. The Bertz CT molecular complexity index is 901. The Labute approximate surface area is 157 Å². The number of ether oxygens (including phenoxy) is 1. The fraction of sp³-hybridized carbons (Fsp3) is 0.300. The van der Waals surface area contributed by atoms with E-state index in [9.17, 15) is 5.11 Å². The zero-order valence-corrected chi connectivity index (χ0v) is 15.0. The van der Waals surface area contributed by atoms with E-state index >= 15 is 0 Å². The van der Waals surface area contributed by atoms with Gasteiger partial charge in [0, 0.05) is 18.0 Å². The van der Waals surface area contributed by atoms with Gasteiger partial charge in [-0.05, 0) is 61.0 Å². The molecule has 6 heteroatoms. The van der Waals surface area contributed by atoms with Gasteiger partial charge < -0.3 is 15.2 Å². The third-order valence-electron chi connectivity index (χ3n) is 4.63. The van der Waals surface area contributed by atoms with Crippen molar-refractivity contribution in [2.24, 2.45) is 0 Å². The summed E-state index contributed by atoms with van der Waals surface area (Å²) in [6, 6.07) is 11.5. The van der Waals surface area contributed by atoms with Crippen molar-refractivity contribution < 1.29 is 9.84 Å². The average molecular weight is 370 g/mol. The van der Waals surface area contributed by atoms with Gasteiger partial charge in [-0.15, -0.1) is 0 Å². The van der Waals surface area contributed by atoms with Gasteiger partial charge >= 0.3 is 0 Å². The lowest BCUT2D eigenvalue weighted by atomic mass is 9.95. The number of fused-ring (bicyclic) bond motifs is 1. The van der Waals surface area contributed by atoms with Crippen molar-refractivity contribution in [2.45, 2.75) is 37.9 Å². The number of hydrogen-bond acceptors (Lipinski definition) is 5. The van der Waals surface area contributed by atoms with Crippen molar-refractivity contribution >= 4 is 33.9 Å². The molecule has 134 valence electrons. The summed E-state index contributed by atoms with van der Waals surface area (Å²) in [7, 11) is 0. The number of hydrogen-bond donors (Lipinski definition) is 2. The van der Waals surface area contributed by atoms with E-state index in [2.05, 4.69) is 15.3 Å². The summed E-state index contributed by atoms with van der Waals surface area (Å²) >= 11 is 5.83. The van der Waals surface area contributed by atoms with Crippen molar-refractivity contribution in [1.82, 2.24) is 9.97 Å².